The Morgan fingerprint density at radius 3 is 0.952 bits per heavy atom. The van der Waals surface area contributed by atoms with Gasteiger partial charge in [-0.25, -0.2) is 0 Å². The summed E-state index contributed by atoms with van der Waals surface area (Å²) in [7, 11) is 0. The standard InChI is InChI=1S/C58H46N2S2/c1-39-23-25-45(35-41(39)3)59(43-27-31-49(32-28-43)61-47-15-7-5-8-16-47)57-37-55-52-20-12-14-22-54(52)58(38-56(55)51-19-11-13-21-53(51)57)60(46-26-24-40(2)42(4)36-46)44-29-33-50(34-30-44)62-48-17-9-6-10-18-48/h5-38H,1-4H3. The molecule has 0 bridgehead atoms. The molecule has 0 spiro atoms. The van der Waals surface area contributed by atoms with Crippen molar-refractivity contribution in [2.75, 3.05) is 9.80 Å². The Labute approximate surface area is 373 Å². The molecule has 0 saturated carbocycles. The number of nitrogens with zero attached hydrogens (tertiary/aromatic N) is 2. The van der Waals surface area contributed by atoms with Gasteiger partial charge in [0, 0.05) is 53.1 Å². The van der Waals surface area contributed by atoms with Crippen LogP contribution in [0.1, 0.15) is 22.3 Å². The van der Waals surface area contributed by atoms with E-state index in [1.165, 1.54) is 74.2 Å². The summed E-state index contributed by atoms with van der Waals surface area (Å²) < 4.78 is 0. The molecule has 62 heavy (non-hydrogen) atoms. The summed E-state index contributed by atoms with van der Waals surface area (Å²) >= 11 is 3.58. The highest BCUT2D eigenvalue weighted by Gasteiger charge is 2.23. The Kier molecular flexibility index (Phi) is 10.8. The minimum Gasteiger partial charge on any atom is -0.310 e. The molecule has 0 atom stereocenters. The summed E-state index contributed by atoms with van der Waals surface area (Å²) in [6, 6.07) is 75.7. The molecule has 0 aliphatic rings. The molecule has 0 heterocycles. The fraction of sp³-hybridized carbons (Fsp3) is 0.0690. The number of rotatable bonds is 10. The molecule has 0 aliphatic heterocycles. The van der Waals surface area contributed by atoms with Gasteiger partial charge in [-0.2, -0.15) is 0 Å². The minimum atomic E-state index is 1.12. The van der Waals surface area contributed by atoms with E-state index < -0.39 is 0 Å². The van der Waals surface area contributed by atoms with E-state index in [4.69, 9.17) is 0 Å². The van der Waals surface area contributed by atoms with Gasteiger partial charge in [-0.15, -0.1) is 0 Å². The second kappa shape index (κ2) is 17.0. The summed E-state index contributed by atoms with van der Waals surface area (Å²) in [5, 5.41) is 7.26. The molecule has 0 N–H and O–H groups in total. The average Bonchev–Trinajstić information content (AvgIpc) is 3.31. The summed E-state index contributed by atoms with van der Waals surface area (Å²) in [5.41, 5.74) is 11.9. The Bertz CT molecular complexity index is 3000. The third kappa shape index (κ3) is 7.73. The number of hydrogen-bond donors (Lipinski definition) is 0. The lowest BCUT2D eigenvalue weighted by Crippen LogP contribution is -2.12. The lowest BCUT2D eigenvalue weighted by atomic mass is 9.93. The highest BCUT2D eigenvalue weighted by molar-refractivity contribution is 7.99. The average molecular weight is 835 g/mol. The Morgan fingerprint density at radius 1 is 0.258 bits per heavy atom. The van der Waals surface area contributed by atoms with Crippen LogP contribution in [-0.2, 0) is 0 Å². The topological polar surface area (TPSA) is 6.48 Å². The van der Waals surface area contributed by atoms with Crippen molar-refractivity contribution in [2.24, 2.45) is 0 Å². The Hall–Kier alpha value is -6.72. The normalized spacial score (nSPS) is 11.4. The van der Waals surface area contributed by atoms with Crippen LogP contribution in [0.2, 0.25) is 0 Å². The predicted molar refractivity (Wildman–Crippen MR) is 268 cm³/mol. The van der Waals surface area contributed by atoms with Crippen LogP contribution in [0, 0.1) is 27.7 Å². The molecule has 0 unspecified atom stereocenters. The molecule has 300 valence electrons. The van der Waals surface area contributed by atoms with Crippen LogP contribution in [0.3, 0.4) is 0 Å². The zero-order valence-corrected chi connectivity index (χ0v) is 37.0. The van der Waals surface area contributed by atoms with Gasteiger partial charge in [0.2, 0.25) is 0 Å². The van der Waals surface area contributed by atoms with Crippen LogP contribution in [0.5, 0.6) is 0 Å². The lowest BCUT2D eigenvalue weighted by molar-refractivity contribution is 1.25. The van der Waals surface area contributed by atoms with Crippen molar-refractivity contribution < 1.29 is 0 Å². The van der Waals surface area contributed by atoms with Gasteiger partial charge in [-0.3, -0.25) is 0 Å². The molecule has 0 amide bonds. The molecule has 0 saturated heterocycles. The van der Waals surface area contributed by atoms with Crippen molar-refractivity contribution in [1.29, 1.82) is 0 Å². The van der Waals surface area contributed by atoms with Gasteiger partial charge in [-0.1, -0.05) is 121 Å². The molecule has 2 nitrogen and oxygen atoms in total. The number of anilines is 6. The molecular formula is C58H46N2S2. The number of benzene rings is 10. The summed E-state index contributed by atoms with van der Waals surface area (Å²) in [6.07, 6.45) is 0. The van der Waals surface area contributed by atoms with E-state index in [0.29, 0.717) is 0 Å². The van der Waals surface area contributed by atoms with E-state index in [-0.39, 0.29) is 0 Å². The zero-order valence-electron chi connectivity index (χ0n) is 35.3. The number of fused-ring (bicyclic) bond motifs is 5. The second-order valence-corrected chi connectivity index (χ2v) is 18.3. The van der Waals surface area contributed by atoms with Crippen LogP contribution in [0.15, 0.2) is 226 Å². The summed E-state index contributed by atoms with van der Waals surface area (Å²) in [5.74, 6) is 0. The van der Waals surface area contributed by atoms with E-state index in [2.05, 4.69) is 244 Å². The van der Waals surface area contributed by atoms with E-state index in [1.807, 2.05) is 0 Å². The van der Waals surface area contributed by atoms with Gasteiger partial charge in [0.25, 0.3) is 0 Å². The van der Waals surface area contributed by atoms with Crippen LogP contribution in [0.4, 0.5) is 34.1 Å². The molecule has 0 aliphatic carbocycles. The predicted octanol–water partition coefficient (Wildman–Crippen LogP) is 17.6. The smallest absolute Gasteiger partial charge is 0.0546 e. The first-order valence-corrected chi connectivity index (χ1v) is 22.8. The van der Waals surface area contributed by atoms with Gasteiger partial charge < -0.3 is 9.80 Å². The van der Waals surface area contributed by atoms with Gasteiger partial charge in [0.15, 0.2) is 0 Å². The minimum absolute atomic E-state index is 1.12. The third-order valence-electron chi connectivity index (χ3n) is 12.0. The quantitative estimate of drug-likeness (QED) is 0.127. The number of aryl methyl sites for hydroxylation is 4. The molecule has 10 aromatic carbocycles. The van der Waals surface area contributed by atoms with Crippen molar-refractivity contribution >= 4 is 90.0 Å². The largest absolute Gasteiger partial charge is 0.310 e. The van der Waals surface area contributed by atoms with Crippen molar-refractivity contribution in [3.05, 3.63) is 229 Å². The maximum absolute atomic E-state index is 2.45. The van der Waals surface area contributed by atoms with Crippen LogP contribution in [-0.4, -0.2) is 0 Å². The van der Waals surface area contributed by atoms with Gasteiger partial charge >= 0.3 is 0 Å². The van der Waals surface area contributed by atoms with Crippen LogP contribution >= 0.6 is 23.5 Å². The van der Waals surface area contributed by atoms with E-state index in [0.717, 1.165) is 34.1 Å². The van der Waals surface area contributed by atoms with Crippen molar-refractivity contribution in [1.82, 2.24) is 0 Å². The fourth-order valence-electron chi connectivity index (χ4n) is 8.44. The first-order valence-electron chi connectivity index (χ1n) is 21.2. The SMILES string of the molecule is Cc1ccc(N(c2ccc(Sc3ccccc3)cc2)c2cc3c4ccccc4c(N(c4ccc(Sc5ccccc5)cc4)c4ccc(C)c(C)c4)cc3c3ccccc23)cc1C. The van der Waals surface area contributed by atoms with E-state index in [1.54, 1.807) is 23.5 Å². The molecule has 0 fully saturated rings. The highest BCUT2D eigenvalue weighted by atomic mass is 32.2. The van der Waals surface area contributed by atoms with Crippen LogP contribution in [0.25, 0.3) is 32.3 Å². The summed E-state index contributed by atoms with van der Waals surface area (Å²) in [4.78, 5) is 9.77. The van der Waals surface area contributed by atoms with Crippen molar-refractivity contribution in [3.63, 3.8) is 0 Å². The molecule has 10 aromatic rings. The van der Waals surface area contributed by atoms with Crippen LogP contribution < -0.4 is 9.80 Å². The van der Waals surface area contributed by atoms with Gasteiger partial charge in [0.05, 0.1) is 11.4 Å². The zero-order chi connectivity index (χ0) is 42.2. The van der Waals surface area contributed by atoms with Gasteiger partial charge in [0.1, 0.15) is 0 Å². The van der Waals surface area contributed by atoms with Gasteiger partial charge in [-0.05, 0) is 181 Å². The molecule has 10 rings (SSSR count). The highest BCUT2D eigenvalue weighted by Crippen LogP contribution is 2.48. The molecular weight excluding hydrogens is 789 g/mol. The molecule has 4 heteroatoms. The Morgan fingerprint density at radius 2 is 0.581 bits per heavy atom. The van der Waals surface area contributed by atoms with Crippen molar-refractivity contribution in [3.8, 4) is 0 Å². The van der Waals surface area contributed by atoms with Crippen molar-refractivity contribution in [2.45, 2.75) is 47.3 Å². The van der Waals surface area contributed by atoms with E-state index >= 15 is 0 Å². The molecule has 0 aromatic heterocycles. The summed E-state index contributed by atoms with van der Waals surface area (Å²) in [6.45, 7) is 8.79. The second-order valence-electron chi connectivity index (χ2n) is 16.0. The lowest BCUT2D eigenvalue weighted by Gasteiger charge is -2.30. The molecule has 0 radical (unpaired) electrons. The first kappa shape index (κ1) is 39.4. The first-order chi connectivity index (χ1) is 30.4. The third-order valence-corrected chi connectivity index (χ3v) is 14.0. The number of hydrogen-bond acceptors (Lipinski definition) is 4. The monoisotopic (exact) mass is 834 g/mol. The fourth-order valence-corrected chi connectivity index (χ4v) is 10.1. The Balaban J connectivity index is 1.18. The van der Waals surface area contributed by atoms with E-state index in [9.17, 15) is 0 Å². The maximum Gasteiger partial charge on any atom is 0.0546 e. The maximum atomic E-state index is 2.45.